The predicted molar refractivity (Wildman–Crippen MR) is 46.5 cm³/mol. The molecule has 0 atom stereocenters. The van der Waals surface area contributed by atoms with Crippen LogP contribution < -0.4 is 5.32 Å². The van der Waals surface area contributed by atoms with E-state index in [9.17, 15) is 0 Å². The molecule has 3 nitrogen and oxygen atoms in total. The first-order chi connectivity index (χ1) is 5.27. The predicted octanol–water partition coefficient (Wildman–Crippen LogP) is 0.869. The van der Waals surface area contributed by atoms with Crippen molar-refractivity contribution in [3.05, 3.63) is 16.4 Å². The van der Waals surface area contributed by atoms with Crippen molar-refractivity contribution in [2.45, 2.75) is 5.92 Å². The van der Waals surface area contributed by atoms with Gasteiger partial charge in [-0.1, -0.05) is 0 Å². The minimum Gasteiger partial charge on any atom is -0.315 e. The topological polar surface area (TPSA) is 29.9 Å². The molecule has 0 aromatic carbocycles. The van der Waals surface area contributed by atoms with Gasteiger partial charge in [0.05, 0.1) is 0 Å². The molecule has 2 heterocycles. The second-order valence-corrected chi connectivity index (χ2v) is 3.68. The Morgan fingerprint density at radius 1 is 1.73 bits per heavy atom. The van der Waals surface area contributed by atoms with Gasteiger partial charge in [0, 0.05) is 31.7 Å². The van der Waals surface area contributed by atoms with Crippen LogP contribution in [-0.4, -0.2) is 22.9 Å². The van der Waals surface area contributed by atoms with Crippen LogP contribution in [0.1, 0.15) is 11.6 Å². The lowest BCUT2D eigenvalue weighted by Gasteiger charge is -2.26. The van der Waals surface area contributed by atoms with Crippen LogP contribution in [0, 0.1) is 0 Å². The number of aromatic nitrogens is 2. The molecule has 1 N–H and O–H groups in total. The van der Waals surface area contributed by atoms with E-state index in [4.69, 9.17) is 0 Å². The van der Waals surface area contributed by atoms with Crippen LogP contribution in [-0.2, 0) is 7.05 Å². The SMILES string of the molecule is Cn1nc(Br)cc1C1CNC1. The highest BCUT2D eigenvalue weighted by Crippen LogP contribution is 2.21. The van der Waals surface area contributed by atoms with E-state index in [1.807, 2.05) is 11.7 Å². The summed E-state index contributed by atoms with van der Waals surface area (Å²) in [5, 5.41) is 7.46. The third kappa shape index (κ3) is 1.20. The summed E-state index contributed by atoms with van der Waals surface area (Å²) in [6, 6.07) is 2.09. The van der Waals surface area contributed by atoms with Crippen molar-refractivity contribution in [2.75, 3.05) is 13.1 Å². The highest BCUT2D eigenvalue weighted by Gasteiger charge is 2.22. The van der Waals surface area contributed by atoms with Crippen LogP contribution >= 0.6 is 15.9 Å². The summed E-state index contributed by atoms with van der Waals surface area (Å²) in [5.74, 6) is 0.666. The molecule has 0 amide bonds. The molecular weight excluding hydrogens is 206 g/mol. The third-order valence-electron chi connectivity index (χ3n) is 2.09. The van der Waals surface area contributed by atoms with E-state index in [-0.39, 0.29) is 0 Å². The molecule has 4 heteroatoms. The minimum absolute atomic E-state index is 0.666. The summed E-state index contributed by atoms with van der Waals surface area (Å²) in [4.78, 5) is 0. The zero-order chi connectivity index (χ0) is 7.84. The molecule has 0 spiro atoms. The van der Waals surface area contributed by atoms with Crippen molar-refractivity contribution < 1.29 is 0 Å². The van der Waals surface area contributed by atoms with Crippen molar-refractivity contribution in [1.82, 2.24) is 15.1 Å². The Kier molecular flexibility index (Phi) is 1.73. The molecular formula is C7H10BrN3. The van der Waals surface area contributed by atoms with E-state index in [1.165, 1.54) is 5.69 Å². The lowest BCUT2D eigenvalue weighted by molar-refractivity contribution is 0.424. The number of hydrogen-bond acceptors (Lipinski definition) is 2. The van der Waals surface area contributed by atoms with Gasteiger partial charge >= 0.3 is 0 Å². The van der Waals surface area contributed by atoms with Crippen molar-refractivity contribution in [2.24, 2.45) is 7.05 Å². The lowest BCUT2D eigenvalue weighted by Crippen LogP contribution is -2.40. The largest absolute Gasteiger partial charge is 0.315 e. The summed E-state index contributed by atoms with van der Waals surface area (Å²) >= 11 is 3.35. The zero-order valence-corrected chi connectivity index (χ0v) is 7.93. The Hall–Kier alpha value is -0.350. The standard InChI is InChI=1S/C7H10BrN3/c1-11-6(2-7(8)10-11)5-3-9-4-5/h2,5,9H,3-4H2,1H3. The molecule has 2 rings (SSSR count). The van der Waals surface area contributed by atoms with Crippen LogP contribution in [0.25, 0.3) is 0 Å². The van der Waals surface area contributed by atoms with Gasteiger partial charge in [-0.05, 0) is 22.0 Å². The molecule has 0 saturated carbocycles. The number of rotatable bonds is 1. The Morgan fingerprint density at radius 2 is 2.45 bits per heavy atom. The molecule has 0 radical (unpaired) electrons. The highest BCUT2D eigenvalue weighted by atomic mass is 79.9. The van der Waals surface area contributed by atoms with E-state index in [0.717, 1.165) is 17.7 Å². The molecule has 1 aliphatic heterocycles. The van der Waals surface area contributed by atoms with Gasteiger partial charge in [-0.15, -0.1) is 0 Å². The van der Waals surface area contributed by atoms with Crippen molar-refractivity contribution >= 4 is 15.9 Å². The first-order valence-corrected chi connectivity index (χ1v) is 4.47. The number of aryl methyl sites for hydroxylation is 1. The van der Waals surface area contributed by atoms with Gasteiger partial charge < -0.3 is 5.32 Å². The monoisotopic (exact) mass is 215 g/mol. The molecule has 1 fully saturated rings. The van der Waals surface area contributed by atoms with Crippen molar-refractivity contribution in [3.63, 3.8) is 0 Å². The third-order valence-corrected chi connectivity index (χ3v) is 2.47. The van der Waals surface area contributed by atoms with E-state index in [1.54, 1.807) is 0 Å². The van der Waals surface area contributed by atoms with E-state index in [0.29, 0.717) is 5.92 Å². The van der Waals surface area contributed by atoms with Crippen LogP contribution in [0.3, 0.4) is 0 Å². The maximum absolute atomic E-state index is 4.22. The second kappa shape index (κ2) is 2.60. The quantitative estimate of drug-likeness (QED) is 0.754. The van der Waals surface area contributed by atoms with Gasteiger partial charge in [0.15, 0.2) is 0 Å². The van der Waals surface area contributed by atoms with Gasteiger partial charge in [0.1, 0.15) is 4.60 Å². The Morgan fingerprint density at radius 3 is 2.82 bits per heavy atom. The van der Waals surface area contributed by atoms with E-state index >= 15 is 0 Å². The first kappa shape index (κ1) is 7.31. The molecule has 0 aliphatic carbocycles. The van der Waals surface area contributed by atoms with Gasteiger partial charge in [0.2, 0.25) is 0 Å². The van der Waals surface area contributed by atoms with Crippen LogP contribution in [0.15, 0.2) is 10.7 Å². The maximum Gasteiger partial charge on any atom is 0.128 e. The summed E-state index contributed by atoms with van der Waals surface area (Å²) in [5.41, 5.74) is 1.32. The van der Waals surface area contributed by atoms with Gasteiger partial charge in [-0.25, -0.2) is 0 Å². The minimum atomic E-state index is 0.666. The normalized spacial score (nSPS) is 18.4. The fourth-order valence-corrected chi connectivity index (χ4v) is 1.80. The zero-order valence-electron chi connectivity index (χ0n) is 6.34. The summed E-state index contributed by atoms with van der Waals surface area (Å²) in [7, 11) is 1.98. The van der Waals surface area contributed by atoms with Gasteiger partial charge in [-0.2, -0.15) is 5.10 Å². The number of halogens is 1. The summed E-state index contributed by atoms with van der Waals surface area (Å²) in [6.07, 6.45) is 0. The fraction of sp³-hybridized carbons (Fsp3) is 0.571. The van der Waals surface area contributed by atoms with Gasteiger partial charge in [-0.3, -0.25) is 4.68 Å². The summed E-state index contributed by atoms with van der Waals surface area (Å²) < 4.78 is 2.87. The average Bonchev–Trinajstić information content (AvgIpc) is 2.07. The molecule has 1 aromatic heterocycles. The van der Waals surface area contributed by atoms with Crippen LogP contribution in [0.5, 0.6) is 0 Å². The highest BCUT2D eigenvalue weighted by molar-refractivity contribution is 9.10. The van der Waals surface area contributed by atoms with Gasteiger partial charge in [0.25, 0.3) is 0 Å². The molecule has 11 heavy (non-hydrogen) atoms. The molecule has 1 aromatic rings. The molecule has 60 valence electrons. The molecule has 0 bridgehead atoms. The smallest absolute Gasteiger partial charge is 0.128 e. The first-order valence-electron chi connectivity index (χ1n) is 3.67. The fourth-order valence-electron chi connectivity index (χ4n) is 1.33. The van der Waals surface area contributed by atoms with E-state index < -0.39 is 0 Å². The number of hydrogen-bond donors (Lipinski definition) is 1. The Labute approximate surface area is 73.9 Å². The number of nitrogens with zero attached hydrogens (tertiary/aromatic N) is 2. The number of nitrogens with one attached hydrogen (secondary N) is 1. The van der Waals surface area contributed by atoms with Crippen LogP contribution in [0.2, 0.25) is 0 Å². The second-order valence-electron chi connectivity index (χ2n) is 2.87. The lowest BCUT2D eigenvalue weighted by atomic mass is 10.00. The summed E-state index contributed by atoms with van der Waals surface area (Å²) in [6.45, 7) is 2.18. The molecule has 1 saturated heterocycles. The Balaban J connectivity index is 2.28. The van der Waals surface area contributed by atoms with E-state index in [2.05, 4.69) is 32.4 Å². The Bertz CT molecular complexity index is 265. The van der Waals surface area contributed by atoms with Crippen molar-refractivity contribution in [3.8, 4) is 0 Å². The van der Waals surface area contributed by atoms with Crippen molar-refractivity contribution in [1.29, 1.82) is 0 Å². The molecule has 1 aliphatic rings. The maximum atomic E-state index is 4.22. The molecule has 0 unspecified atom stereocenters. The van der Waals surface area contributed by atoms with Crippen LogP contribution in [0.4, 0.5) is 0 Å². The average molecular weight is 216 g/mol.